The van der Waals surface area contributed by atoms with Gasteiger partial charge in [0.15, 0.2) is 0 Å². The number of benzene rings is 2. The minimum absolute atomic E-state index is 0.121. The topological polar surface area (TPSA) is 68.8 Å². The molecule has 0 amide bonds. The first-order valence-corrected chi connectivity index (χ1v) is 10.5. The number of H-pyrrole nitrogens is 1. The number of rotatable bonds is 6. The Hall–Kier alpha value is -2.83. The summed E-state index contributed by atoms with van der Waals surface area (Å²) in [5.74, 6) is 0.688. The number of ether oxygens (including phenoxy) is 1. The number of β-amino-alcohol motifs (C(OH)–C–C–N with tert-alkyl or cyclic N) is 1. The van der Waals surface area contributed by atoms with Crippen molar-refractivity contribution in [2.75, 3.05) is 44.2 Å². The van der Waals surface area contributed by atoms with Gasteiger partial charge in [-0.15, -0.1) is 0 Å². The van der Waals surface area contributed by atoms with E-state index in [2.05, 4.69) is 46.8 Å². The van der Waals surface area contributed by atoms with Gasteiger partial charge < -0.3 is 19.7 Å². The Morgan fingerprint density at radius 3 is 2.57 bits per heavy atom. The van der Waals surface area contributed by atoms with E-state index in [1.807, 2.05) is 18.2 Å². The van der Waals surface area contributed by atoms with E-state index < -0.39 is 6.10 Å². The van der Waals surface area contributed by atoms with Gasteiger partial charge in [0, 0.05) is 55.4 Å². The third-order valence-electron chi connectivity index (χ3n) is 5.83. The van der Waals surface area contributed by atoms with E-state index in [0.717, 1.165) is 37.1 Å². The highest BCUT2D eigenvalue weighted by Gasteiger charge is 2.20. The number of pyridine rings is 1. The van der Waals surface area contributed by atoms with Crippen LogP contribution in [0.2, 0.25) is 0 Å². The SMILES string of the molecule is Cc1ccc(N2CCN(CC(O)COc3ccc4[nH]c(=O)ccc4c3)CC2)cc1C. The number of nitrogens with one attached hydrogen (secondary N) is 1. The molecule has 158 valence electrons. The summed E-state index contributed by atoms with van der Waals surface area (Å²) in [5.41, 5.74) is 4.57. The third-order valence-corrected chi connectivity index (χ3v) is 5.83. The molecule has 1 fully saturated rings. The highest BCUT2D eigenvalue weighted by Crippen LogP contribution is 2.21. The van der Waals surface area contributed by atoms with E-state index in [-0.39, 0.29) is 12.2 Å². The van der Waals surface area contributed by atoms with Crippen molar-refractivity contribution in [1.29, 1.82) is 0 Å². The predicted octanol–water partition coefficient (Wildman–Crippen LogP) is 2.71. The van der Waals surface area contributed by atoms with E-state index >= 15 is 0 Å². The van der Waals surface area contributed by atoms with Crippen molar-refractivity contribution in [1.82, 2.24) is 9.88 Å². The van der Waals surface area contributed by atoms with Crippen LogP contribution in [-0.4, -0.2) is 60.4 Å². The number of aliphatic hydroxyl groups is 1. The Bertz CT molecular complexity index is 1070. The number of anilines is 1. The van der Waals surface area contributed by atoms with Crippen LogP contribution in [0.3, 0.4) is 0 Å². The van der Waals surface area contributed by atoms with Crippen molar-refractivity contribution in [3.63, 3.8) is 0 Å². The minimum Gasteiger partial charge on any atom is -0.491 e. The summed E-state index contributed by atoms with van der Waals surface area (Å²) in [6.45, 7) is 8.89. The Kier molecular flexibility index (Phi) is 6.06. The first-order chi connectivity index (χ1) is 14.5. The van der Waals surface area contributed by atoms with E-state index in [9.17, 15) is 9.90 Å². The fourth-order valence-corrected chi connectivity index (χ4v) is 3.88. The molecule has 0 aliphatic carbocycles. The molecule has 2 N–H and O–H groups in total. The van der Waals surface area contributed by atoms with Crippen LogP contribution in [0, 0.1) is 13.8 Å². The average molecular weight is 408 g/mol. The van der Waals surface area contributed by atoms with Gasteiger partial charge in [-0.05, 0) is 61.4 Å². The molecule has 1 aliphatic rings. The monoisotopic (exact) mass is 407 g/mol. The van der Waals surface area contributed by atoms with Gasteiger partial charge >= 0.3 is 0 Å². The van der Waals surface area contributed by atoms with Gasteiger partial charge in [-0.3, -0.25) is 9.69 Å². The number of aromatic nitrogens is 1. The lowest BCUT2D eigenvalue weighted by Gasteiger charge is -2.37. The second-order valence-corrected chi connectivity index (χ2v) is 8.09. The molecule has 0 radical (unpaired) electrons. The Morgan fingerprint density at radius 1 is 1.00 bits per heavy atom. The summed E-state index contributed by atoms with van der Waals surface area (Å²) in [7, 11) is 0. The van der Waals surface area contributed by atoms with Crippen LogP contribution in [0.5, 0.6) is 5.75 Å². The normalized spacial score (nSPS) is 16.0. The van der Waals surface area contributed by atoms with Crippen LogP contribution in [0.25, 0.3) is 10.9 Å². The summed E-state index contributed by atoms with van der Waals surface area (Å²) in [5, 5.41) is 11.3. The minimum atomic E-state index is -0.551. The fourth-order valence-electron chi connectivity index (χ4n) is 3.88. The highest BCUT2D eigenvalue weighted by atomic mass is 16.5. The van der Waals surface area contributed by atoms with Crippen molar-refractivity contribution in [3.8, 4) is 5.75 Å². The molecular formula is C24H29N3O3. The molecule has 6 heteroatoms. The fraction of sp³-hybridized carbons (Fsp3) is 0.375. The summed E-state index contributed by atoms with van der Waals surface area (Å²) >= 11 is 0. The Labute approximate surface area is 176 Å². The Balaban J connectivity index is 1.26. The first-order valence-electron chi connectivity index (χ1n) is 10.5. The lowest BCUT2D eigenvalue weighted by Crippen LogP contribution is -2.49. The lowest BCUT2D eigenvalue weighted by atomic mass is 10.1. The van der Waals surface area contributed by atoms with E-state index in [1.54, 1.807) is 6.07 Å². The number of aryl methyl sites for hydroxylation is 2. The molecule has 0 saturated carbocycles. The number of fused-ring (bicyclic) bond motifs is 1. The predicted molar refractivity (Wildman–Crippen MR) is 121 cm³/mol. The molecule has 1 aliphatic heterocycles. The summed E-state index contributed by atoms with van der Waals surface area (Å²) in [6.07, 6.45) is -0.551. The molecular weight excluding hydrogens is 378 g/mol. The molecule has 1 aromatic heterocycles. The molecule has 0 spiro atoms. The second-order valence-electron chi connectivity index (χ2n) is 8.09. The summed E-state index contributed by atoms with van der Waals surface area (Å²) < 4.78 is 5.78. The van der Waals surface area contributed by atoms with Gasteiger partial charge in [0.05, 0.1) is 0 Å². The van der Waals surface area contributed by atoms with Crippen LogP contribution < -0.4 is 15.2 Å². The lowest BCUT2D eigenvalue weighted by molar-refractivity contribution is 0.0663. The number of hydrogen-bond donors (Lipinski definition) is 2. The largest absolute Gasteiger partial charge is 0.491 e. The molecule has 1 atom stereocenters. The molecule has 1 unspecified atom stereocenters. The van der Waals surface area contributed by atoms with Gasteiger partial charge in [-0.1, -0.05) is 6.07 Å². The van der Waals surface area contributed by atoms with E-state index in [1.165, 1.54) is 22.9 Å². The number of hydrogen-bond acceptors (Lipinski definition) is 5. The van der Waals surface area contributed by atoms with Crippen LogP contribution in [0.1, 0.15) is 11.1 Å². The van der Waals surface area contributed by atoms with Gasteiger partial charge in [0.1, 0.15) is 18.5 Å². The van der Waals surface area contributed by atoms with Crippen molar-refractivity contribution in [2.24, 2.45) is 0 Å². The zero-order valence-electron chi connectivity index (χ0n) is 17.6. The van der Waals surface area contributed by atoms with E-state index in [4.69, 9.17) is 4.74 Å². The smallest absolute Gasteiger partial charge is 0.248 e. The van der Waals surface area contributed by atoms with Gasteiger partial charge in [0.2, 0.25) is 5.56 Å². The van der Waals surface area contributed by atoms with Gasteiger partial charge in [-0.25, -0.2) is 0 Å². The number of nitrogens with zero attached hydrogens (tertiary/aromatic N) is 2. The van der Waals surface area contributed by atoms with Crippen LogP contribution in [0.4, 0.5) is 5.69 Å². The average Bonchev–Trinajstić information content (AvgIpc) is 2.75. The van der Waals surface area contributed by atoms with Crippen LogP contribution in [-0.2, 0) is 0 Å². The van der Waals surface area contributed by atoms with Gasteiger partial charge in [-0.2, -0.15) is 0 Å². The number of piperazine rings is 1. The van der Waals surface area contributed by atoms with E-state index in [0.29, 0.717) is 12.3 Å². The van der Waals surface area contributed by atoms with Gasteiger partial charge in [0.25, 0.3) is 0 Å². The maximum atomic E-state index is 11.4. The molecule has 3 aromatic rings. The molecule has 2 heterocycles. The molecule has 1 saturated heterocycles. The Morgan fingerprint density at radius 2 is 1.80 bits per heavy atom. The maximum absolute atomic E-state index is 11.4. The quantitative estimate of drug-likeness (QED) is 0.658. The third kappa shape index (κ3) is 4.83. The van der Waals surface area contributed by atoms with Crippen molar-refractivity contribution < 1.29 is 9.84 Å². The maximum Gasteiger partial charge on any atom is 0.248 e. The van der Waals surface area contributed by atoms with Crippen molar-refractivity contribution in [2.45, 2.75) is 20.0 Å². The molecule has 6 nitrogen and oxygen atoms in total. The molecule has 4 rings (SSSR count). The highest BCUT2D eigenvalue weighted by molar-refractivity contribution is 5.79. The van der Waals surface area contributed by atoms with Crippen molar-refractivity contribution in [3.05, 3.63) is 70.0 Å². The molecule has 0 bridgehead atoms. The summed E-state index contributed by atoms with van der Waals surface area (Å²) in [6, 6.07) is 15.4. The number of aromatic amines is 1. The van der Waals surface area contributed by atoms with Crippen molar-refractivity contribution >= 4 is 16.6 Å². The molecule has 30 heavy (non-hydrogen) atoms. The van der Waals surface area contributed by atoms with Crippen LogP contribution >= 0.6 is 0 Å². The standard InChI is InChI=1S/C24H29N3O3/c1-17-3-5-20(13-18(17)2)27-11-9-26(10-12-27)15-21(28)16-30-22-6-7-23-19(14-22)4-8-24(29)25-23/h3-8,13-14,21,28H,9-12,15-16H2,1-2H3,(H,25,29). The second kappa shape index (κ2) is 8.90. The number of aliphatic hydroxyl groups excluding tert-OH is 1. The zero-order chi connectivity index (χ0) is 21.1. The zero-order valence-corrected chi connectivity index (χ0v) is 17.6. The summed E-state index contributed by atoms with van der Waals surface area (Å²) in [4.78, 5) is 18.9. The molecule has 2 aromatic carbocycles. The van der Waals surface area contributed by atoms with Crippen LogP contribution in [0.15, 0.2) is 53.3 Å². The first kappa shape index (κ1) is 20.4.